The number of nitrogens with one attached hydrogen (secondary N) is 2. The fraction of sp³-hybridized carbons (Fsp3) is 0.471. The third-order valence-corrected chi connectivity index (χ3v) is 4.30. The number of H-pyrrole nitrogens is 1. The van der Waals surface area contributed by atoms with Crippen LogP contribution in [-0.4, -0.2) is 55.6 Å². The van der Waals surface area contributed by atoms with E-state index >= 15 is 0 Å². The molecule has 130 valence electrons. The van der Waals surface area contributed by atoms with Gasteiger partial charge in [0.25, 0.3) is 0 Å². The van der Waals surface area contributed by atoms with Crippen LogP contribution >= 0.6 is 0 Å². The molecule has 2 amide bonds. The number of carbonyl (C=O) groups excluding carboxylic acids is 1. The molecule has 1 saturated heterocycles. The predicted molar refractivity (Wildman–Crippen MR) is 88.4 cm³/mol. The minimum atomic E-state index is -0.365. The Morgan fingerprint density at radius 3 is 3.17 bits per heavy atom. The summed E-state index contributed by atoms with van der Waals surface area (Å²) in [5.41, 5.74) is 2.45. The van der Waals surface area contributed by atoms with Crippen LogP contribution in [0.2, 0.25) is 0 Å². The molecular formula is C17H22FN3O3. The summed E-state index contributed by atoms with van der Waals surface area (Å²) in [6, 6.07) is 3.22. The molecule has 1 aromatic heterocycles. The summed E-state index contributed by atoms with van der Waals surface area (Å²) in [4.78, 5) is 17.0. The summed E-state index contributed by atoms with van der Waals surface area (Å²) in [6.07, 6.45) is 2.18. The van der Waals surface area contributed by atoms with Crippen LogP contribution in [0.4, 0.5) is 9.18 Å². The van der Waals surface area contributed by atoms with Crippen LogP contribution in [0.5, 0.6) is 0 Å². The second-order valence-corrected chi connectivity index (χ2v) is 5.92. The van der Waals surface area contributed by atoms with Gasteiger partial charge in [0.05, 0.1) is 13.2 Å². The van der Waals surface area contributed by atoms with E-state index in [-0.39, 0.29) is 18.1 Å². The largest absolute Gasteiger partial charge is 0.361 e. The molecular weight excluding hydrogens is 313 g/mol. The molecule has 1 aliphatic rings. The van der Waals surface area contributed by atoms with Gasteiger partial charge < -0.3 is 24.7 Å². The maximum absolute atomic E-state index is 13.6. The van der Waals surface area contributed by atoms with E-state index in [1.807, 2.05) is 12.3 Å². The van der Waals surface area contributed by atoms with Crippen molar-refractivity contribution in [1.29, 1.82) is 0 Å². The van der Waals surface area contributed by atoms with Gasteiger partial charge in [-0.25, -0.2) is 9.18 Å². The van der Waals surface area contributed by atoms with Crippen molar-refractivity contribution < 1.29 is 18.7 Å². The molecule has 0 spiro atoms. The summed E-state index contributed by atoms with van der Waals surface area (Å²) in [5.74, 6) is -0.218. The minimum Gasteiger partial charge on any atom is -0.361 e. The molecule has 1 atom stereocenters. The third-order valence-electron chi connectivity index (χ3n) is 4.30. The standard InChI is InChI=1S/C17H22FN3O3/c1-11-7-13-12(9-20-15(13)8-14(11)18)3-4-19-17(22)21-5-6-24-16(10-21)23-2/h7-9,16,20H,3-6,10H2,1-2H3,(H,19,22). The van der Waals surface area contributed by atoms with E-state index in [0.29, 0.717) is 38.2 Å². The lowest BCUT2D eigenvalue weighted by atomic mass is 10.1. The average Bonchev–Trinajstić information content (AvgIpc) is 2.97. The van der Waals surface area contributed by atoms with Crippen LogP contribution in [0, 0.1) is 12.7 Å². The average molecular weight is 335 g/mol. The Hall–Kier alpha value is -2.12. The maximum Gasteiger partial charge on any atom is 0.317 e. The number of benzene rings is 1. The zero-order valence-corrected chi connectivity index (χ0v) is 13.9. The van der Waals surface area contributed by atoms with Gasteiger partial charge in [0.1, 0.15) is 5.82 Å². The van der Waals surface area contributed by atoms with Crippen molar-refractivity contribution in [2.75, 3.05) is 33.4 Å². The number of aromatic amines is 1. The molecule has 2 N–H and O–H groups in total. The number of aromatic nitrogens is 1. The van der Waals surface area contributed by atoms with Gasteiger partial charge in [-0.15, -0.1) is 0 Å². The zero-order chi connectivity index (χ0) is 17.1. The first-order valence-corrected chi connectivity index (χ1v) is 8.01. The molecule has 6 nitrogen and oxygen atoms in total. The Morgan fingerprint density at radius 2 is 2.38 bits per heavy atom. The van der Waals surface area contributed by atoms with Crippen molar-refractivity contribution in [1.82, 2.24) is 15.2 Å². The molecule has 0 radical (unpaired) electrons. The van der Waals surface area contributed by atoms with Gasteiger partial charge in [0.15, 0.2) is 6.29 Å². The number of urea groups is 1. The summed E-state index contributed by atoms with van der Waals surface area (Å²) in [6.45, 7) is 3.71. The van der Waals surface area contributed by atoms with Crippen LogP contribution in [0.1, 0.15) is 11.1 Å². The van der Waals surface area contributed by atoms with Gasteiger partial charge in [-0.1, -0.05) is 0 Å². The molecule has 2 heterocycles. The van der Waals surface area contributed by atoms with Crippen molar-refractivity contribution >= 4 is 16.9 Å². The topological polar surface area (TPSA) is 66.6 Å². The number of hydrogen-bond donors (Lipinski definition) is 2. The number of fused-ring (bicyclic) bond motifs is 1. The number of ether oxygens (including phenoxy) is 2. The molecule has 2 aromatic rings. The van der Waals surface area contributed by atoms with E-state index in [1.54, 1.807) is 18.9 Å². The Balaban J connectivity index is 1.56. The highest BCUT2D eigenvalue weighted by atomic mass is 19.1. The molecule has 1 unspecified atom stereocenters. The Kier molecular flexibility index (Phi) is 5.01. The quantitative estimate of drug-likeness (QED) is 0.900. The van der Waals surface area contributed by atoms with Gasteiger partial charge >= 0.3 is 6.03 Å². The summed E-state index contributed by atoms with van der Waals surface area (Å²) in [7, 11) is 1.56. The number of halogens is 1. The predicted octanol–water partition coefficient (Wildman–Crippen LogP) is 2.17. The Bertz CT molecular complexity index is 731. The second kappa shape index (κ2) is 7.19. The lowest BCUT2D eigenvalue weighted by Gasteiger charge is -2.31. The van der Waals surface area contributed by atoms with Crippen molar-refractivity contribution in [2.45, 2.75) is 19.6 Å². The summed E-state index contributed by atoms with van der Waals surface area (Å²) < 4.78 is 24.1. The van der Waals surface area contributed by atoms with Crippen molar-refractivity contribution in [3.63, 3.8) is 0 Å². The second-order valence-electron chi connectivity index (χ2n) is 5.92. The first-order chi connectivity index (χ1) is 11.6. The molecule has 1 fully saturated rings. The van der Waals surface area contributed by atoms with Crippen molar-refractivity contribution in [2.24, 2.45) is 0 Å². The van der Waals surface area contributed by atoms with E-state index in [4.69, 9.17) is 9.47 Å². The minimum absolute atomic E-state index is 0.123. The molecule has 1 aromatic carbocycles. The number of nitrogens with zero attached hydrogens (tertiary/aromatic N) is 1. The zero-order valence-electron chi connectivity index (χ0n) is 13.9. The fourth-order valence-corrected chi connectivity index (χ4v) is 2.88. The Morgan fingerprint density at radius 1 is 1.54 bits per heavy atom. The van der Waals surface area contributed by atoms with Gasteiger partial charge in [-0.2, -0.15) is 0 Å². The first kappa shape index (κ1) is 16.7. The van der Waals surface area contributed by atoms with Crippen LogP contribution < -0.4 is 5.32 Å². The van der Waals surface area contributed by atoms with E-state index < -0.39 is 0 Å². The lowest BCUT2D eigenvalue weighted by molar-refractivity contribution is -0.156. The highest BCUT2D eigenvalue weighted by Crippen LogP contribution is 2.22. The van der Waals surface area contributed by atoms with E-state index in [2.05, 4.69) is 10.3 Å². The summed E-state index contributed by atoms with van der Waals surface area (Å²) >= 11 is 0. The smallest absolute Gasteiger partial charge is 0.317 e. The number of rotatable bonds is 4. The number of methoxy groups -OCH3 is 1. The monoisotopic (exact) mass is 335 g/mol. The highest BCUT2D eigenvalue weighted by Gasteiger charge is 2.23. The molecule has 0 saturated carbocycles. The number of hydrogen-bond acceptors (Lipinski definition) is 3. The molecule has 3 rings (SSSR count). The SMILES string of the molecule is COC1CN(C(=O)NCCc2c[nH]c3cc(F)c(C)cc23)CCO1. The van der Waals surface area contributed by atoms with Crippen LogP contribution in [0.25, 0.3) is 10.9 Å². The van der Waals surface area contributed by atoms with Gasteiger partial charge in [-0.05, 0) is 36.6 Å². The van der Waals surface area contributed by atoms with Crippen LogP contribution in [0.15, 0.2) is 18.3 Å². The molecule has 0 aliphatic carbocycles. The van der Waals surface area contributed by atoms with Crippen LogP contribution in [0.3, 0.4) is 0 Å². The highest BCUT2D eigenvalue weighted by molar-refractivity contribution is 5.84. The van der Waals surface area contributed by atoms with E-state index in [0.717, 1.165) is 16.5 Å². The van der Waals surface area contributed by atoms with Gasteiger partial charge in [-0.3, -0.25) is 0 Å². The third kappa shape index (κ3) is 3.52. The molecule has 0 bridgehead atoms. The van der Waals surface area contributed by atoms with E-state index in [9.17, 15) is 9.18 Å². The molecule has 24 heavy (non-hydrogen) atoms. The first-order valence-electron chi connectivity index (χ1n) is 8.01. The lowest BCUT2D eigenvalue weighted by Crippen LogP contribution is -2.50. The summed E-state index contributed by atoms with van der Waals surface area (Å²) in [5, 5.41) is 3.91. The maximum atomic E-state index is 13.6. The van der Waals surface area contributed by atoms with Gasteiger partial charge in [0, 0.05) is 37.3 Å². The number of amides is 2. The molecule has 7 heteroatoms. The van der Waals surface area contributed by atoms with Crippen molar-refractivity contribution in [3.8, 4) is 0 Å². The Labute approximate surface area is 139 Å². The number of carbonyl (C=O) groups is 1. The molecule has 1 aliphatic heterocycles. The van der Waals surface area contributed by atoms with E-state index in [1.165, 1.54) is 6.07 Å². The van der Waals surface area contributed by atoms with Crippen molar-refractivity contribution in [3.05, 3.63) is 35.3 Å². The number of morpholine rings is 1. The van der Waals surface area contributed by atoms with Crippen LogP contribution in [-0.2, 0) is 15.9 Å². The normalized spacial score (nSPS) is 18.1. The fourth-order valence-electron chi connectivity index (χ4n) is 2.88. The number of aryl methyl sites for hydroxylation is 1. The van der Waals surface area contributed by atoms with Gasteiger partial charge in [0.2, 0.25) is 0 Å².